The molecule has 0 bridgehead atoms. The zero-order valence-electron chi connectivity index (χ0n) is 12.2. The molecule has 2 rings (SSSR count). The van der Waals surface area contributed by atoms with Crippen LogP contribution in [0.4, 0.5) is 0 Å². The van der Waals surface area contributed by atoms with Crippen LogP contribution in [0.5, 0.6) is 0 Å². The topological polar surface area (TPSA) is 107 Å². The van der Waals surface area contributed by atoms with Gasteiger partial charge in [0.05, 0.1) is 10.4 Å². The predicted molar refractivity (Wildman–Crippen MR) is 79.5 cm³/mol. The number of hydrogen-bond acceptors (Lipinski definition) is 5. The van der Waals surface area contributed by atoms with Gasteiger partial charge in [0.25, 0.3) is 0 Å². The van der Waals surface area contributed by atoms with Gasteiger partial charge in [-0.3, -0.25) is 4.57 Å². The van der Waals surface area contributed by atoms with E-state index < -0.39 is 15.8 Å². The Hall–Kier alpha value is -1.64. The van der Waals surface area contributed by atoms with Crippen LogP contribution >= 0.6 is 0 Å². The molecule has 0 amide bonds. The minimum absolute atomic E-state index is 0.0420. The first-order chi connectivity index (χ1) is 9.72. The van der Waals surface area contributed by atoms with E-state index in [1.54, 1.807) is 7.05 Å². The molecule has 116 valence electrons. The maximum absolute atomic E-state index is 12.2. The fourth-order valence-electron chi connectivity index (χ4n) is 1.81. The Bertz CT molecular complexity index is 804. The quantitative estimate of drug-likeness (QED) is 0.830. The summed E-state index contributed by atoms with van der Waals surface area (Å²) < 4.78 is 33.2. The summed E-state index contributed by atoms with van der Waals surface area (Å²) in [6.45, 7) is 3.99. The molecular formula is C13H19N3O4S. The van der Waals surface area contributed by atoms with Crippen molar-refractivity contribution in [3.63, 3.8) is 0 Å². The zero-order chi connectivity index (χ0) is 15.8. The van der Waals surface area contributed by atoms with Gasteiger partial charge in [-0.05, 0) is 18.1 Å². The van der Waals surface area contributed by atoms with Crippen molar-refractivity contribution in [3.8, 4) is 0 Å². The first kappa shape index (κ1) is 15.7. The van der Waals surface area contributed by atoms with Crippen molar-refractivity contribution in [1.82, 2.24) is 9.29 Å². The van der Waals surface area contributed by atoms with Gasteiger partial charge >= 0.3 is 5.76 Å². The van der Waals surface area contributed by atoms with Crippen molar-refractivity contribution in [3.05, 3.63) is 28.7 Å². The lowest BCUT2D eigenvalue weighted by Crippen LogP contribution is -2.40. The normalized spacial score (nSPS) is 14.0. The number of rotatable bonds is 5. The van der Waals surface area contributed by atoms with Crippen molar-refractivity contribution in [1.29, 1.82) is 0 Å². The summed E-state index contributed by atoms with van der Waals surface area (Å²) in [5.74, 6) is -0.364. The minimum Gasteiger partial charge on any atom is -0.408 e. The van der Waals surface area contributed by atoms with Gasteiger partial charge in [0.15, 0.2) is 5.58 Å². The van der Waals surface area contributed by atoms with Crippen molar-refractivity contribution in [2.24, 2.45) is 18.7 Å². The molecule has 21 heavy (non-hydrogen) atoms. The van der Waals surface area contributed by atoms with E-state index >= 15 is 0 Å². The molecule has 2 aromatic rings. The first-order valence-corrected chi connectivity index (χ1v) is 8.05. The molecule has 3 N–H and O–H groups in total. The summed E-state index contributed by atoms with van der Waals surface area (Å²) in [6.07, 6.45) is 0. The van der Waals surface area contributed by atoms with E-state index in [1.165, 1.54) is 22.8 Å². The summed E-state index contributed by atoms with van der Waals surface area (Å²) in [7, 11) is -2.13. The number of hydrogen-bond donors (Lipinski definition) is 2. The van der Waals surface area contributed by atoms with Crippen molar-refractivity contribution >= 4 is 21.1 Å². The number of oxazole rings is 1. The summed E-state index contributed by atoms with van der Waals surface area (Å²) >= 11 is 0. The van der Waals surface area contributed by atoms with Crippen LogP contribution < -0.4 is 16.2 Å². The maximum Gasteiger partial charge on any atom is 0.419 e. The van der Waals surface area contributed by atoms with Gasteiger partial charge in [0.2, 0.25) is 10.0 Å². The molecular weight excluding hydrogens is 294 g/mol. The fraction of sp³-hybridized carbons (Fsp3) is 0.462. The van der Waals surface area contributed by atoms with Gasteiger partial charge in [-0.2, -0.15) is 0 Å². The van der Waals surface area contributed by atoms with Gasteiger partial charge in [-0.1, -0.05) is 13.8 Å². The molecule has 1 heterocycles. The highest BCUT2D eigenvalue weighted by Crippen LogP contribution is 2.17. The third kappa shape index (κ3) is 3.17. The van der Waals surface area contributed by atoms with Crippen molar-refractivity contribution < 1.29 is 12.8 Å². The third-order valence-corrected chi connectivity index (χ3v) is 4.86. The fourth-order valence-corrected chi connectivity index (χ4v) is 2.89. The van der Waals surface area contributed by atoms with Gasteiger partial charge in [-0.25, -0.2) is 17.9 Å². The van der Waals surface area contributed by atoms with Crippen LogP contribution in [0.25, 0.3) is 11.1 Å². The number of benzene rings is 1. The molecule has 1 atom stereocenters. The van der Waals surface area contributed by atoms with Crippen LogP contribution in [0.2, 0.25) is 0 Å². The van der Waals surface area contributed by atoms with E-state index in [0.717, 1.165) is 0 Å². The highest BCUT2D eigenvalue weighted by atomic mass is 32.2. The Morgan fingerprint density at radius 2 is 2.05 bits per heavy atom. The second-order valence-corrected chi connectivity index (χ2v) is 7.08. The van der Waals surface area contributed by atoms with Crippen LogP contribution in [0.3, 0.4) is 0 Å². The molecule has 0 aliphatic rings. The van der Waals surface area contributed by atoms with E-state index in [9.17, 15) is 13.2 Å². The van der Waals surface area contributed by atoms with E-state index in [1.807, 2.05) is 13.8 Å². The molecule has 1 aromatic heterocycles. The van der Waals surface area contributed by atoms with Crippen molar-refractivity contribution in [2.45, 2.75) is 24.8 Å². The highest BCUT2D eigenvalue weighted by molar-refractivity contribution is 7.89. The first-order valence-electron chi connectivity index (χ1n) is 6.57. The molecule has 0 aliphatic carbocycles. The zero-order valence-corrected chi connectivity index (χ0v) is 13.0. The minimum atomic E-state index is -3.69. The van der Waals surface area contributed by atoms with Gasteiger partial charge < -0.3 is 10.2 Å². The smallest absolute Gasteiger partial charge is 0.408 e. The summed E-state index contributed by atoms with van der Waals surface area (Å²) in [6, 6.07) is 4.04. The van der Waals surface area contributed by atoms with Gasteiger partial charge in [0, 0.05) is 25.7 Å². The maximum atomic E-state index is 12.2. The molecule has 1 unspecified atom stereocenters. The molecule has 0 spiro atoms. The number of nitrogens with one attached hydrogen (secondary N) is 1. The average Bonchev–Trinajstić information content (AvgIpc) is 2.71. The number of sulfonamides is 1. The second kappa shape index (κ2) is 5.63. The van der Waals surface area contributed by atoms with E-state index in [2.05, 4.69) is 4.72 Å². The van der Waals surface area contributed by atoms with Crippen LogP contribution in [-0.2, 0) is 17.1 Å². The van der Waals surface area contributed by atoms with Crippen LogP contribution in [-0.4, -0.2) is 25.6 Å². The van der Waals surface area contributed by atoms with E-state index in [0.29, 0.717) is 5.52 Å². The van der Waals surface area contributed by atoms with Gasteiger partial charge in [-0.15, -0.1) is 0 Å². The average molecular weight is 313 g/mol. The molecule has 0 radical (unpaired) electrons. The molecule has 0 aliphatic heterocycles. The van der Waals surface area contributed by atoms with Crippen molar-refractivity contribution in [2.75, 3.05) is 6.54 Å². The molecule has 0 fully saturated rings. The SMILES string of the molecule is CC(C)C(N)CNS(=O)(=O)c1ccc2c(c1)oc(=O)n2C. The standard InChI is InChI=1S/C13H19N3O4S/c1-8(2)10(14)7-15-21(18,19)9-4-5-11-12(6-9)20-13(17)16(11)3/h4-6,8,10,15H,7,14H2,1-3H3. The van der Waals surface area contributed by atoms with E-state index in [4.69, 9.17) is 10.2 Å². The molecule has 7 nitrogen and oxygen atoms in total. The van der Waals surface area contributed by atoms with E-state index in [-0.39, 0.29) is 29.0 Å². The molecule has 0 saturated carbocycles. The number of nitrogens with two attached hydrogens (primary N) is 1. The Morgan fingerprint density at radius 1 is 1.38 bits per heavy atom. The Labute approximate surface area is 122 Å². The third-order valence-electron chi connectivity index (χ3n) is 3.44. The summed E-state index contributed by atoms with van der Waals surface area (Å²) in [4.78, 5) is 11.4. The summed E-state index contributed by atoms with van der Waals surface area (Å²) in [5.41, 5.74) is 6.60. The molecule has 8 heteroatoms. The predicted octanol–water partition coefficient (Wildman–Crippen LogP) is 0.393. The Balaban J connectivity index is 2.30. The van der Waals surface area contributed by atoms with Crippen LogP contribution in [0.15, 0.2) is 32.3 Å². The number of aryl methyl sites for hydroxylation is 1. The van der Waals surface area contributed by atoms with Gasteiger partial charge in [0.1, 0.15) is 0 Å². The largest absolute Gasteiger partial charge is 0.419 e. The molecule has 0 saturated heterocycles. The highest BCUT2D eigenvalue weighted by Gasteiger charge is 2.18. The van der Waals surface area contributed by atoms with Crippen LogP contribution in [0, 0.1) is 5.92 Å². The molecule has 1 aromatic carbocycles. The monoisotopic (exact) mass is 313 g/mol. The Morgan fingerprint density at radius 3 is 2.67 bits per heavy atom. The lowest BCUT2D eigenvalue weighted by molar-refractivity contribution is 0.481. The lowest BCUT2D eigenvalue weighted by atomic mass is 10.1. The Kier molecular flexibility index (Phi) is 4.22. The number of fused-ring (bicyclic) bond motifs is 1. The van der Waals surface area contributed by atoms with Crippen LogP contribution in [0.1, 0.15) is 13.8 Å². The summed E-state index contributed by atoms with van der Waals surface area (Å²) in [5, 5.41) is 0. The number of aromatic nitrogens is 1. The lowest BCUT2D eigenvalue weighted by Gasteiger charge is -2.16. The second-order valence-electron chi connectivity index (χ2n) is 5.32. The number of nitrogens with zero attached hydrogens (tertiary/aromatic N) is 1.